The number of amides is 1. The Morgan fingerprint density at radius 1 is 1.10 bits per heavy atom. The highest BCUT2D eigenvalue weighted by Gasteiger charge is 2.23. The maximum absolute atomic E-state index is 13.0. The molecule has 5 nitrogen and oxygen atoms in total. The van der Waals surface area contributed by atoms with Crippen LogP contribution in [0.4, 0.5) is 0 Å². The summed E-state index contributed by atoms with van der Waals surface area (Å²) in [5.41, 5.74) is 2.55. The van der Waals surface area contributed by atoms with Gasteiger partial charge in [0.2, 0.25) is 0 Å². The average molecular weight is 417 g/mol. The van der Waals surface area contributed by atoms with Gasteiger partial charge in [-0.15, -0.1) is 0 Å². The molecule has 0 saturated carbocycles. The Balaban J connectivity index is 1.54. The largest absolute Gasteiger partial charge is 0.387 e. The van der Waals surface area contributed by atoms with Crippen molar-refractivity contribution in [1.29, 1.82) is 5.26 Å². The van der Waals surface area contributed by atoms with Crippen LogP contribution in [0, 0.1) is 11.3 Å². The van der Waals surface area contributed by atoms with Crippen LogP contribution in [0.2, 0.25) is 0 Å². The van der Waals surface area contributed by atoms with Crippen LogP contribution in [0.25, 0.3) is 0 Å². The lowest BCUT2D eigenvalue weighted by Crippen LogP contribution is -2.41. The van der Waals surface area contributed by atoms with Gasteiger partial charge in [0, 0.05) is 44.5 Å². The maximum atomic E-state index is 13.0. The minimum absolute atomic E-state index is 0.00526. The second-order valence-electron chi connectivity index (χ2n) is 8.38. The molecule has 1 amide bonds. The highest BCUT2D eigenvalue weighted by molar-refractivity contribution is 5.97. The SMILES string of the molecule is CC(C)N(Cc1ccccc1)C(=O)/C(C#N)=C\NC1CCN(Cc2ccccc2)CC1. The van der Waals surface area contributed by atoms with Crippen LogP contribution in [0.1, 0.15) is 37.8 Å². The quantitative estimate of drug-likeness (QED) is 0.520. The Bertz CT molecular complexity index is 894. The van der Waals surface area contributed by atoms with E-state index in [1.54, 1.807) is 11.1 Å². The number of nitriles is 1. The first-order valence-corrected chi connectivity index (χ1v) is 11.0. The minimum Gasteiger partial charge on any atom is -0.387 e. The van der Waals surface area contributed by atoms with Crippen molar-refractivity contribution in [3.05, 3.63) is 83.6 Å². The molecule has 3 rings (SSSR count). The third-order valence-electron chi connectivity index (χ3n) is 5.73. The lowest BCUT2D eigenvalue weighted by Gasteiger charge is -2.32. The van der Waals surface area contributed by atoms with Crippen molar-refractivity contribution in [2.24, 2.45) is 0 Å². The summed E-state index contributed by atoms with van der Waals surface area (Å²) in [6.07, 6.45) is 3.61. The monoisotopic (exact) mass is 416 g/mol. The Kier molecular flexibility index (Phi) is 8.26. The smallest absolute Gasteiger partial charge is 0.266 e. The van der Waals surface area contributed by atoms with Gasteiger partial charge in [-0.3, -0.25) is 9.69 Å². The van der Waals surface area contributed by atoms with Gasteiger partial charge in [0.15, 0.2) is 0 Å². The summed E-state index contributed by atoms with van der Waals surface area (Å²) in [5.74, 6) is -0.227. The van der Waals surface area contributed by atoms with Gasteiger partial charge in [-0.2, -0.15) is 5.26 Å². The second kappa shape index (κ2) is 11.3. The molecule has 1 heterocycles. The molecule has 0 aliphatic carbocycles. The standard InChI is InChI=1S/C26H32N4O/c1-21(2)30(20-23-11-7-4-8-12-23)26(31)24(17-27)18-28-25-13-15-29(16-14-25)19-22-9-5-3-6-10-22/h3-12,18,21,25,28H,13-16,19-20H2,1-2H3/b24-18-. The molecule has 0 unspecified atom stereocenters. The summed E-state index contributed by atoms with van der Waals surface area (Å²) in [4.78, 5) is 17.2. The number of nitrogens with zero attached hydrogens (tertiary/aromatic N) is 3. The molecule has 5 heteroatoms. The van der Waals surface area contributed by atoms with Crippen molar-refractivity contribution in [2.75, 3.05) is 13.1 Å². The molecule has 0 spiro atoms. The van der Waals surface area contributed by atoms with Crippen molar-refractivity contribution >= 4 is 5.91 Å². The van der Waals surface area contributed by atoms with E-state index in [4.69, 9.17) is 0 Å². The van der Waals surface area contributed by atoms with E-state index >= 15 is 0 Å². The second-order valence-corrected chi connectivity index (χ2v) is 8.38. The Morgan fingerprint density at radius 2 is 1.68 bits per heavy atom. The summed E-state index contributed by atoms with van der Waals surface area (Å²) in [6, 6.07) is 22.8. The molecule has 0 bridgehead atoms. The van der Waals surface area contributed by atoms with Crippen molar-refractivity contribution in [3.8, 4) is 6.07 Å². The van der Waals surface area contributed by atoms with Crippen molar-refractivity contribution < 1.29 is 4.79 Å². The zero-order chi connectivity index (χ0) is 22.1. The topological polar surface area (TPSA) is 59.4 Å². The van der Waals surface area contributed by atoms with Crippen LogP contribution in [-0.2, 0) is 17.9 Å². The van der Waals surface area contributed by atoms with Crippen molar-refractivity contribution in [3.63, 3.8) is 0 Å². The molecule has 1 saturated heterocycles. The van der Waals surface area contributed by atoms with E-state index in [9.17, 15) is 10.1 Å². The highest BCUT2D eigenvalue weighted by atomic mass is 16.2. The Labute approximate surface area is 186 Å². The zero-order valence-corrected chi connectivity index (χ0v) is 18.5. The fourth-order valence-electron chi connectivity index (χ4n) is 3.87. The number of carbonyl (C=O) groups excluding carboxylic acids is 1. The number of nitrogens with one attached hydrogen (secondary N) is 1. The average Bonchev–Trinajstić information content (AvgIpc) is 2.80. The molecule has 0 radical (unpaired) electrons. The number of hydrogen-bond donors (Lipinski definition) is 1. The number of hydrogen-bond acceptors (Lipinski definition) is 4. The molecule has 2 aromatic rings. The molecule has 1 N–H and O–H groups in total. The van der Waals surface area contributed by atoms with Crippen LogP contribution in [0.3, 0.4) is 0 Å². The van der Waals surface area contributed by atoms with Gasteiger partial charge >= 0.3 is 0 Å². The minimum atomic E-state index is -0.227. The molecule has 1 fully saturated rings. The van der Waals surface area contributed by atoms with Gasteiger partial charge in [0.1, 0.15) is 11.6 Å². The lowest BCUT2D eigenvalue weighted by atomic mass is 10.0. The fraction of sp³-hybridized carbons (Fsp3) is 0.385. The van der Waals surface area contributed by atoms with Crippen LogP contribution >= 0.6 is 0 Å². The van der Waals surface area contributed by atoms with Crippen molar-refractivity contribution in [1.82, 2.24) is 15.1 Å². The Hall–Kier alpha value is -3.10. The van der Waals surface area contributed by atoms with E-state index in [0.29, 0.717) is 6.54 Å². The molecular formula is C26H32N4O. The summed E-state index contributed by atoms with van der Waals surface area (Å²) < 4.78 is 0. The van der Waals surface area contributed by atoms with Gasteiger partial charge in [0.05, 0.1) is 0 Å². The number of piperidine rings is 1. The molecule has 31 heavy (non-hydrogen) atoms. The summed E-state index contributed by atoms with van der Waals surface area (Å²) >= 11 is 0. The number of benzene rings is 2. The fourth-order valence-corrected chi connectivity index (χ4v) is 3.87. The van der Waals surface area contributed by atoms with Gasteiger partial charge in [-0.05, 0) is 37.8 Å². The molecule has 1 aliphatic heterocycles. The summed E-state index contributed by atoms with van der Waals surface area (Å²) in [7, 11) is 0. The molecule has 0 atom stereocenters. The van der Waals surface area contributed by atoms with E-state index < -0.39 is 0 Å². The third-order valence-corrected chi connectivity index (χ3v) is 5.73. The first-order chi connectivity index (χ1) is 15.1. The van der Waals surface area contributed by atoms with Crippen LogP contribution in [-0.4, -0.2) is 40.9 Å². The highest BCUT2D eigenvalue weighted by Crippen LogP contribution is 2.15. The molecule has 0 aromatic heterocycles. The van der Waals surface area contributed by atoms with E-state index in [1.165, 1.54) is 5.56 Å². The first-order valence-electron chi connectivity index (χ1n) is 11.0. The van der Waals surface area contributed by atoms with Crippen LogP contribution in [0.5, 0.6) is 0 Å². The van der Waals surface area contributed by atoms with E-state index in [2.05, 4.69) is 40.6 Å². The normalized spacial score (nSPS) is 15.5. The summed E-state index contributed by atoms with van der Waals surface area (Å²) in [6.45, 7) is 7.42. The Morgan fingerprint density at radius 3 is 2.23 bits per heavy atom. The predicted molar refractivity (Wildman–Crippen MR) is 124 cm³/mol. The molecule has 162 valence electrons. The number of rotatable bonds is 8. The molecule has 1 aliphatic rings. The zero-order valence-electron chi connectivity index (χ0n) is 18.5. The first kappa shape index (κ1) is 22.6. The predicted octanol–water partition coefficient (Wildman–Crippen LogP) is 4.09. The van der Waals surface area contributed by atoms with Crippen molar-refractivity contribution in [2.45, 2.75) is 51.9 Å². The van der Waals surface area contributed by atoms with E-state index in [-0.39, 0.29) is 23.6 Å². The van der Waals surface area contributed by atoms with E-state index in [0.717, 1.165) is 38.0 Å². The molecular weight excluding hydrogens is 384 g/mol. The summed E-state index contributed by atoms with van der Waals surface area (Å²) in [5, 5.41) is 13.0. The van der Waals surface area contributed by atoms with Gasteiger partial charge in [-0.25, -0.2) is 0 Å². The molecule has 2 aromatic carbocycles. The lowest BCUT2D eigenvalue weighted by molar-refractivity contribution is -0.129. The van der Waals surface area contributed by atoms with Crippen LogP contribution < -0.4 is 5.32 Å². The van der Waals surface area contributed by atoms with Crippen LogP contribution in [0.15, 0.2) is 72.4 Å². The third kappa shape index (κ3) is 6.70. The number of carbonyl (C=O) groups is 1. The maximum Gasteiger partial charge on any atom is 0.266 e. The van der Waals surface area contributed by atoms with Gasteiger partial charge in [-0.1, -0.05) is 60.7 Å². The van der Waals surface area contributed by atoms with Gasteiger partial charge in [0.25, 0.3) is 5.91 Å². The van der Waals surface area contributed by atoms with E-state index in [1.807, 2.05) is 50.2 Å². The van der Waals surface area contributed by atoms with Gasteiger partial charge < -0.3 is 10.2 Å². The number of likely N-dealkylation sites (tertiary alicyclic amines) is 1.